The van der Waals surface area contributed by atoms with Gasteiger partial charge in [0.1, 0.15) is 28.3 Å². The lowest BCUT2D eigenvalue weighted by atomic mass is 10.2. The van der Waals surface area contributed by atoms with Crippen LogP contribution >= 0.6 is 12.2 Å². The molecule has 1 saturated heterocycles. The number of nitrogens with one attached hydrogen (secondary N) is 1. The van der Waals surface area contributed by atoms with E-state index in [1.54, 1.807) is 17.0 Å². The number of aromatic amines is 1. The smallest absolute Gasteiger partial charge is 0.138 e. The van der Waals surface area contributed by atoms with Crippen molar-refractivity contribution in [2.24, 2.45) is 0 Å². The Kier molecular flexibility index (Phi) is 3.02. The number of aliphatic hydroxyl groups excluding tert-OH is 2. The zero-order chi connectivity index (χ0) is 13.6. The minimum atomic E-state index is -0.692. The Balaban J connectivity index is 2.05. The molecule has 2 aromatic heterocycles. The lowest BCUT2D eigenvalue weighted by molar-refractivity contribution is -0.0430. The molecule has 1 fully saturated rings. The first-order chi connectivity index (χ1) is 9.10. The van der Waals surface area contributed by atoms with Gasteiger partial charge in [0.2, 0.25) is 0 Å². The van der Waals surface area contributed by atoms with Crippen molar-refractivity contribution in [2.75, 3.05) is 12.3 Å². The second-order valence-electron chi connectivity index (χ2n) is 4.55. The van der Waals surface area contributed by atoms with Crippen LogP contribution in [-0.2, 0) is 4.74 Å². The molecule has 0 aromatic carbocycles. The number of ether oxygens (including phenoxy) is 1. The molecule has 3 atom stereocenters. The number of aliphatic hydroxyl groups is 2. The van der Waals surface area contributed by atoms with Crippen molar-refractivity contribution >= 4 is 29.1 Å². The number of nitrogens with zero attached hydrogens (tertiary/aromatic N) is 2. The molecule has 19 heavy (non-hydrogen) atoms. The van der Waals surface area contributed by atoms with Crippen molar-refractivity contribution in [1.29, 1.82) is 0 Å². The summed E-state index contributed by atoms with van der Waals surface area (Å²) < 4.78 is 7.83. The van der Waals surface area contributed by atoms with Crippen molar-refractivity contribution in [3.8, 4) is 0 Å². The summed E-state index contributed by atoms with van der Waals surface area (Å²) in [4.78, 5) is 7.06. The van der Waals surface area contributed by atoms with E-state index >= 15 is 0 Å². The van der Waals surface area contributed by atoms with Crippen LogP contribution < -0.4 is 5.73 Å². The van der Waals surface area contributed by atoms with E-state index in [2.05, 4.69) is 9.97 Å². The van der Waals surface area contributed by atoms with Gasteiger partial charge in [0.25, 0.3) is 0 Å². The molecule has 1 unspecified atom stereocenters. The van der Waals surface area contributed by atoms with E-state index < -0.39 is 12.2 Å². The molecule has 0 bridgehead atoms. The third-order valence-electron chi connectivity index (χ3n) is 3.29. The summed E-state index contributed by atoms with van der Waals surface area (Å²) in [7, 11) is 0. The van der Waals surface area contributed by atoms with Crippen LogP contribution in [0.25, 0.3) is 11.0 Å². The number of hydrogen-bond acceptors (Lipinski definition) is 6. The first-order valence-corrected chi connectivity index (χ1v) is 6.30. The number of nitrogens with two attached hydrogens (primary N) is 1. The van der Waals surface area contributed by atoms with Gasteiger partial charge in [-0.2, -0.15) is 0 Å². The predicted molar refractivity (Wildman–Crippen MR) is 70.9 cm³/mol. The fraction of sp³-hybridized carbons (Fsp3) is 0.455. The van der Waals surface area contributed by atoms with E-state index in [9.17, 15) is 5.11 Å². The van der Waals surface area contributed by atoms with E-state index in [1.165, 1.54) is 0 Å². The van der Waals surface area contributed by atoms with Gasteiger partial charge >= 0.3 is 0 Å². The molecule has 1 aliphatic heterocycles. The second kappa shape index (κ2) is 4.57. The molecule has 1 aliphatic rings. The average molecular weight is 282 g/mol. The van der Waals surface area contributed by atoms with E-state index in [0.717, 1.165) is 5.52 Å². The van der Waals surface area contributed by atoms with Crippen LogP contribution in [0, 0.1) is 4.64 Å². The molecule has 7 nitrogen and oxygen atoms in total. The summed E-state index contributed by atoms with van der Waals surface area (Å²) in [5.74, 6) is 0.441. The number of aromatic nitrogens is 3. The van der Waals surface area contributed by atoms with Gasteiger partial charge in [-0.25, -0.2) is 4.98 Å². The number of pyridine rings is 1. The normalized spacial score (nSPS) is 27.2. The lowest BCUT2D eigenvalue weighted by Gasteiger charge is -2.14. The minimum Gasteiger partial charge on any atom is -0.394 e. The van der Waals surface area contributed by atoms with Gasteiger partial charge in [-0.15, -0.1) is 0 Å². The van der Waals surface area contributed by atoms with Crippen molar-refractivity contribution in [2.45, 2.75) is 24.9 Å². The fourth-order valence-corrected chi connectivity index (χ4v) is 2.62. The molecule has 0 amide bonds. The van der Waals surface area contributed by atoms with Gasteiger partial charge in [-0.3, -0.25) is 0 Å². The second-order valence-corrected chi connectivity index (χ2v) is 4.96. The van der Waals surface area contributed by atoms with Gasteiger partial charge in [-0.05, 0) is 0 Å². The summed E-state index contributed by atoms with van der Waals surface area (Å²) >= 11 is 5.16. The Hall–Kier alpha value is -1.48. The van der Waals surface area contributed by atoms with Crippen molar-refractivity contribution < 1.29 is 14.9 Å². The Morgan fingerprint density at radius 1 is 1.63 bits per heavy atom. The molecule has 0 spiro atoms. The molecule has 3 heterocycles. The number of imidazole rings is 1. The van der Waals surface area contributed by atoms with Crippen LogP contribution in [0.3, 0.4) is 0 Å². The molecule has 8 heteroatoms. The van der Waals surface area contributed by atoms with E-state index in [0.29, 0.717) is 22.4 Å². The Morgan fingerprint density at radius 3 is 3.11 bits per heavy atom. The number of fused-ring (bicyclic) bond motifs is 1. The van der Waals surface area contributed by atoms with Gasteiger partial charge in [0, 0.05) is 12.5 Å². The minimum absolute atomic E-state index is 0.216. The molecular formula is C11H14N4O3S. The third kappa shape index (κ3) is 2.02. The number of nitrogen functional groups attached to an aromatic ring is 1. The van der Waals surface area contributed by atoms with Crippen LogP contribution in [-0.4, -0.2) is 43.6 Å². The maximum absolute atomic E-state index is 9.77. The number of hydrogen-bond donors (Lipinski definition) is 4. The van der Waals surface area contributed by atoms with Gasteiger partial charge < -0.3 is 30.2 Å². The van der Waals surface area contributed by atoms with Crippen LogP contribution in [0.5, 0.6) is 0 Å². The average Bonchev–Trinajstić information content (AvgIpc) is 2.92. The number of anilines is 1. The zero-order valence-corrected chi connectivity index (χ0v) is 10.8. The summed E-state index contributed by atoms with van der Waals surface area (Å²) in [5.41, 5.74) is 7.12. The summed E-state index contributed by atoms with van der Waals surface area (Å²) in [6, 6.07) is 1.72. The Bertz CT molecular complexity index is 667. The molecule has 5 N–H and O–H groups in total. The van der Waals surface area contributed by atoms with Crippen molar-refractivity contribution in [1.82, 2.24) is 14.5 Å². The van der Waals surface area contributed by atoms with Crippen molar-refractivity contribution in [3.63, 3.8) is 0 Å². The highest BCUT2D eigenvalue weighted by atomic mass is 32.1. The highest BCUT2D eigenvalue weighted by Crippen LogP contribution is 2.31. The lowest BCUT2D eigenvalue weighted by Crippen LogP contribution is -2.24. The summed E-state index contributed by atoms with van der Waals surface area (Å²) in [5, 5.41) is 18.9. The standard InChI is InChI=1S/C11H14N4O3S/c12-8-1-5-10(11(19)14-8)13-4-15(5)9-2-6(17)7(3-16)18-9/h1,4,6-7,9,16-17H,2-3H2,(H3,12,14,19)/t6?,7-,9-/m1/s1. The molecule has 0 saturated carbocycles. The topological polar surface area (TPSA) is 109 Å². The Morgan fingerprint density at radius 2 is 2.42 bits per heavy atom. The van der Waals surface area contributed by atoms with E-state index in [-0.39, 0.29) is 12.8 Å². The van der Waals surface area contributed by atoms with E-state index in [1.807, 2.05) is 0 Å². The monoisotopic (exact) mass is 282 g/mol. The number of rotatable bonds is 2. The van der Waals surface area contributed by atoms with Crippen LogP contribution in [0.1, 0.15) is 12.6 Å². The predicted octanol–water partition coefficient (Wildman–Crippen LogP) is 0.317. The highest BCUT2D eigenvalue weighted by molar-refractivity contribution is 7.71. The quantitative estimate of drug-likeness (QED) is 0.590. The Labute approximate surface area is 113 Å². The largest absolute Gasteiger partial charge is 0.394 e. The molecule has 3 rings (SSSR count). The molecule has 102 valence electrons. The van der Waals surface area contributed by atoms with Crippen molar-refractivity contribution in [3.05, 3.63) is 17.0 Å². The summed E-state index contributed by atoms with van der Waals surface area (Å²) in [6.07, 6.45) is 0.349. The maximum atomic E-state index is 9.77. The first-order valence-electron chi connectivity index (χ1n) is 5.90. The highest BCUT2D eigenvalue weighted by Gasteiger charge is 2.35. The molecule has 0 radical (unpaired) electrons. The van der Waals surface area contributed by atoms with Gasteiger partial charge in [0.15, 0.2) is 0 Å². The summed E-state index contributed by atoms with van der Waals surface area (Å²) in [6.45, 7) is -0.216. The molecule has 0 aliphatic carbocycles. The van der Waals surface area contributed by atoms with Crippen LogP contribution in [0.2, 0.25) is 0 Å². The molecular weight excluding hydrogens is 268 g/mol. The zero-order valence-electron chi connectivity index (χ0n) is 9.98. The third-order valence-corrected chi connectivity index (χ3v) is 3.59. The van der Waals surface area contributed by atoms with Gasteiger partial charge in [-0.1, -0.05) is 12.2 Å². The maximum Gasteiger partial charge on any atom is 0.138 e. The van der Waals surface area contributed by atoms with Crippen LogP contribution in [0.15, 0.2) is 12.4 Å². The fourth-order valence-electron chi connectivity index (χ4n) is 2.34. The molecule has 2 aromatic rings. The SMILES string of the molecule is Nc1cc2c(ncn2[C@H]2CC(O)[C@@H](CO)O2)c(=S)[nH]1. The van der Waals surface area contributed by atoms with Crippen LogP contribution in [0.4, 0.5) is 5.82 Å². The first kappa shape index (κ1) is 12.5. The number of H-pyrrole nitrogens is 1. The van der Waals surface area contributed by atoms with E-state index in [4.69, 9.17) is 27.8 Å². The van der Waals surface area contributed by atoms with Gasteiger partial charge in [0.05, 0.1) is 24.6 Å².